The lowest BCUT2D eigenvalue weighted by molar-refractivity contribution is 0.340. The van der Waals surface area contributed by atoms with Gasteiger partial charge >= 0.3 is 0 Å². The van der Waals surface area contributed by atoms with Crippen molar-refractivity contribution in [1.29, 1.82) is 0 Å². The van der Waals surface area contributed by atoms with Gasteiger partial charge in [0.15, 0.2) is 0 Å². The molecule has 1 aliphatic carbocycles. The molecule has 0 amide bonds. The molecule has 2 atom stereocenters. The number of rotatable bonds is 6. The summed E-state index contributed by atoms with van der Waals surface area (Å²) in [6.45, 7) is 5.86. The average Bonchev–Trinajstić information content (AvgIpc) is 2.48. The van der Waals surface area contributed by atoms with Crippen molar-refractivity contribution in [2.75, 3.05) is 23.7 Å². The third-order valence-corrected chi connectivity index (χ3v) is 4.32. The molecule has 4 nitrogen and oxygen atoms in total. The molecular weight excluding hydrogens is 272 g/mol. The number of hydrogen-bond donors (Lipinski definition) is 2. The zero-order valence-corrected chi connectivity index (χ0v) is 13.3. The standard InChI is InChI=1S/C18H24N4/c1-3-19-17-12-16(21-18(22-17)20-4-2)15-11-10-14(15)13-8-6-5-7-9-13/h5-9,12,14-15H,3-4,10-11H2,1-2H3,(H2,19,20,21,22)/t14?,15-/m0/s1. The van der Waals surface area contributed by atoms with Gasteiger partial charge in [0.2, 0.25) is 5.95 Å². The maximum Gasteiger partial charge on any atom is 0.224 e. The molecule has 1 heterocycles. The molecule has 1 aliphatic rings. The van der Waals surface area contributed by atoms with Crippen molar-refractivity contribution in [2.45, 2.75) is 38.5 Å². The maximum absolute atomic E-state index is 4.74. The second-order valence-electron chi connectivity index (χ2n) is 5.76. The number of anilines is 2. The van der Waals surface area contributed by atoms with E-state index >= 15 is 0 Å². The van der Waals surface area contributed by atoms with Crippen molar-refractivity contribution in [2.24, 2.45) is 0 Å². The second kappa shape index (κ2) is 6.77. The summed E-state index contributed by atoms with van der Waals surface area (Å²) in [4.78, 5) is 9.26. The lowest BCUT2D eigenvalue weighted by Gasteiger charge is -2.37. The van der Waals surface area contributed by atoms with E-state index in [1.807, 2.05) is 0 Å². The Hall–Kier alpha value is -2.10. The molecule has 0 aliphatic heterocycles. The normalized spacial score (nSPS) is 20.3. The molecule has 22 heavy (non-hydrogen) atoms. The summed E-state index contributed by atoms with van der Waals surface area (Å²) in [6, 6.07) is 12.9. The predicted octanol–water partition coefficient (Wildman–Crippen LogP) is 4.00. The van der Waals surface area contributed by atoms with Gasteiger partial charge < -0.3 is 10.6 Å². The summed E-state index contributed by atoms with van der Waals surface area (Å²) in [5, 5.41) is 6.56. The lowest BCUT2D eigenvalue weighted by atomic mass is 9.68. The van der Waals surface area contributed by atoms with Crippen LogP contribution in [0.4, 0.5) is 11.8 Å². The highest BCUT2D eigenvalue weighted by molar-refractivity contribution is 5.44. The molecule has 0 saturated heterocycles. The smallest absolute Gasteiger partial charge is 0.224 e. The van der Waals surface area contributed by atoms with Gasteiger partial charge in [0.1, 0.15) is 5.82 Å². The Morgan fingerprint density at radius 2 is 1.68 bits per heavy atom. The van der Waals surface area contributed by atoms with Crippen LogP contribution in [-0.4, -0.2) is 23.1 Å². The number of hydrogen-bond acceptors (Lipinski definition) is 4. The maximum atomic E-state index is 4.74. The van der Waals surface area contributed by atoms with E-state index in [0.717, 1.165) is 30.5 Å². The molecule has 3 rings (SSSR count). The van der Waals surface area contributed by atoms with Crippen molar-refractivity contribution < 1.29 is 0 Å². The van der Waals surface area contributed by atoms with E-state index in [2.05, 4.69) is 65.9 Å². The van der Waals surface area contributed by atoms with E-state index < -0.39 is 0 Å². The van der Waals surface area contributed by atoms with E-state index in [9.17, 15) is 0 Å². The van der Waals surface area contributed by atoms with Crippen LogP contribution >= 0.6 is 0 Å². The van der Waals surface area contributed by atoms with Crippen LogP contribution in [0.25, 0.3) is 0 Å². The van der Waals surface area contributed by atoms with Crippen LogP contribution in [0, 0.1) is 0 Å². The molecule has 2 aromatic rings. The van der Waals surface area contributed by atoms with Gasteiger partial charge in [0.25, 0.3) is 0 Å². The van der Waals surface area contributed by atoms with Gasteiger partial charge in [0.05, 0.1) is 5.69 Å². The number of benzene rings is 1. The molecule has 2 N–H and O–H groups in total. The fourth-order valence-electron chi connectivity index (χ4n) is 3.12. The first-order chi connectivity index (χ1) is 10.8. The zero-order valence-electron chi connectivity index (χ0n) is 13.3. The summed E-state index contributed by atoms with van der Waals surface area (Å²) < 4.78 is 0. The second-order valence-corrected chi connectivity index (χ2v) is 5.76. The van der Waals surface area contributed by atoms with Gasteiger partial charge in [-0.1, -0.05) is 30.3 Å². The van der Waals surface area contributed by atoms with Crippen molar-refractivity contribution in [1.82, 2.24) is 9.97 Å². The van der Waals surface area contributed by atoms with Gasteiger partial charge in [-0.15, -0.1) is 0 Å². The topological polar surface area (TPSA) is 49.8 Å². The van der Waals surface area contributed by atoms with Gasteiger partial charge in [-0.2, -0.15) is 4.98 Å². The average molecular weight is 296 g/mol. The van der Waals surface area contributed by atoms with Gasteiger partial charge in [-0.25, -0.2) is 4.98 Å². The Kier molecular flexibility index (Phi) is 4.56. The third kappa shape index (κ3) is 3.06. The molecule has 116 valence electrons. The van der Waals surface area contributed by atoms with Crippen molar-refractivity contribution >= 4 is 11.8 Å². The van der Waals surface area contributed by atoms with Gasteiger partial charge in [-0.05, 0) is 38.2 Å². The van der Waals surface area contributed by atoms with Gasteiger partial charge in [0, 0.05) is 25.1 Å². The zero-order chi connectivity index (χ0) is 15.4. The molecule has 4 heteroatoms. The minimum atomic E-state index is 0.500. The first kappa shape index (κ1) is 14.8. The largest absolute Gasteiger partial charge is 0.370 e. The Labute approximate surface area is 132 Å². The van der Waals surface area contributed by atoms with E-state index in [-0.39, 0.29) is 0 Å². The molecule has 1 saturated carbocycles. The summed E-state index contributed by atoms with van der Waals surface area (Å²) in [5.41, 5.74) is 2.58. The summed E-state index contributed by atoms with van der Waals surface area (Å²) >= 11 is 0. The fourth-order valence-corrected chi connectivity index (χ4v) is 3.12. The van der Waals surface area contributed by atoms with Crippen LogP contribution in [-0.2, 0) is 0 Å². The Morgan fingerprint density at radius 3 is 2.32 bits per heavy atom. The number of nitrogens with one attached hydrogen (secondary N) is 2. The van der Waals surface area contributed by atoms with Crippen LogP contribution in [0.3, 0.4) is 0 Å². The number of nitrogens with zero attached hydrogens (tertiary/aromatic N) is 2. The van der Waals surface area contributed by atoms with Crippen LogP contribution in [0.15, 0.2) is 36.4 Å². The van der Waals surface area contributed by atoms with E-state index in [0.29, 0.717) is 11.8 Å². The molecule has 0 spiro atoms. The highest BCUT2D eigenvalue weighted by atomic mass is 15.1. The summed E-state index contributed by atoms with van der Waals surface area (Å²) in [7, 11) is 0. The minimum Gasteiger partial charge on any atom is -0.370 e. The van der Waals surface area contributed by atoms with E-state index in [1.165, 1.54) is 18.4 Å². The van der Waals surface area contributed by atoms with Crippen molar-refractivity contribution in [3.8, 4) is 0 Å². The van der Waals surface area contributed by atoms with Gasteiger partial charge in [-0.3, -0.25) is 0 Å². The van der Waals surface area contributed by atoms with Crippen molar-refractivity contribution in [3.05, 3.63) is 47.7 Å². The molecule has 0 radical (unpaired) electrons. The molecule has 1 fully saturated rings. The fraction of sp³-hybridized carbons (Fsp3) is 0.444. The van der Waals surface area contributed by atoms with E-state index in [4.69, 9.17) is 4.98 Å². The monoisotopic (exact) mass is 296 g/mol. The molecular formula is C18H24N4. The Bertz CT molecular complexity index is 587. The van der Waals surface area contributed by atoms with E-state index in [1.54, 1.807) is 0 Å². The highest BCUT2D eigenvalue weighted by Crippen LogP contribution is 2.48. The third-order valence-electron chi connectivity index (χ3n) is 4.32. The van der Waals surface area contributed by atoms with Crippen LogP contribution in [0.5, 0.6) is 0 Å². The number of aromatic nitrogens is 2. The lowest BCUT2D eigenvalue weighted by Crippen LogP contribution is -2.23. The summed E-state index contributed by atoms with van der Waals surface area (Å²) in [5.74, 6) is 2.73. The molecule has 1 aromatic carbocycles. The minimum absolute atomic E-state index is 0.500. The summed E-state index contributed by atoms with van der Waals surface area (Å²) in [6.07, 6.45) is 2.44. The van der Waals surface area contributed by atoms with Crippen LogP contribution in [0.2, 0.25) is 0 Å². The highest BCUT2D eigenvalue weighted by Gasteiger charge is 2.34. The van der Waals surface area contributed by atoms with Crippen LogP contribution in [0.1, 0.15) is 49.8 Å². The molecule has 1 unspecified atom stereocenters. The Morgan fingerprint density at radius 1 is 0.955 bits per heavy atom. The Balaban J connectivity index is 1.87. The first-order valence-corrected chi connectivity index (χ1v) is 8.23. The predicted molar refractivity (Wildman–Crippen MR) is 91.5 cm³/mol. The SMILES string of the molecule is CCNc1cc([C@H]2CCC2c2ccccc2)nc(NCC)n1. The molecule has 0 bridgehead atoms. The quantitative estimate of drug-likeness (QED) is 0.846. The first-order valence-electron chi connectivity index (χ1n) is 8.23. The van der Waals surface area contributed by atoms with Crippen LogP contribution < -0.4 is 10.6 Å². The van der Waals surface area contributed by atoms with Crippen molar-refractivity contribution in [3.63, 3.8) is 0 Å². The molecule has 1 aromatic heterocycles.